The van der Waals surface area contributed by atoms with Crippen LogP contribution in [-0.2, 0) is 11.0 Å². The third kappa shape index (κ3) is 5.17. The van der Waals surface area contributed by atoms with Gasteiger partial charge in [0.2, 0.25) is 0 Å². The average Bonchev–Trinajstić information content (AvgIpc) is 2.26. The molecule has 20 heavy (non-hydrogen) atoms. The number of carboxylic acid groups (broad SMARTS) is 1. The van der Waals surface area contributed by atoms with Crippen LogP contribution in [0.4, 0.5) is 23.7 Å². The van der Waals surface area contributed by atoms with Gasteiger partial charge in [0.25, 0.3) is 0 Å². The molecule has 0 aliphatic rings. The topological polar surface area (TPSA) is 78.4 Å². The van der Waals surface area contributed by atoms with Gasteiger partial charge in [0.1, 0.15) is 0 Å². The van der Waals surface area contributed by atoms with Crippen molar-refractivity contribution in [2.24, 2.45) is 0 Å². The highest BCUT2D eigenvalue weighted by atomic mass is 19.4. The first-order chi connectivity index (χ1) is 9.18. The van der Waals surface area contributed by atoms with Crippen LogP contribution in [0, 0.1) is 0 Å². The molecular weight excluding hydrogens is 277 g/mol. The Morgan fingerprint density at radius 2 is 1.80 bits per heavy atom. The van der Waals surface area contributed by atoms with E-state index in [9.17, 15) is 22.8 Å². The minimum absolute atomic E-state index is 0.179. The van der Waals surface area contributed by atoms with Gasteiger partial charge < -0.3 is 15.7 Å². The molecule has 0 bridgehead atoms. The summed E-state index contributed by atoms with van der Waals surface area (Å²) in [7, 11) is 0. The molecule has 0 saturated carbocycles. The van der Waals surface area contributed by atoms with E-state index in [-0.39, 0.29) is 12.1 Å². The summed E-state index contributed by atoms with van der Waals surface area (Å²) in [6.45, 7) is 1.50. The summed E-state index contributed by atoms with van der Waals surface area (Å²) >= 11 is 0. The van der Waals surface area contributed by atoms with Gasteiger partial charge >= 0.3 is 18.2 Å². The molecule has 0 aliphatic carbocycles. The fourth-order valence-corrected chi connectivity index (χ4v) is 1.45. The van der Waals surface area contributed by atoms with E-state index in [1.165, 1.54) is 6.92 Å². The van der Waals surface area contributed by atoms with E-state index in [1.54, 1.807) is 0 Å². The lowest BCUT2D eigenvalue weighted by molar-refractivity contribution is -0.138. The summed E-state index contributed by atoms with van der Waals surface area (Å²) in [6, 6.07) is 2.64. The number of hydrogen-bond acceptors (Lipinski definition) is 2. The number of rotatable bonds is 4. The number of nitrogens with one attached hydrogen (secondary N) is 2. The molecule has 110 valence electrons. The van der Waals surface area contributed by atoms with Gasteiger partial charge in [-0.25, -0.2) is 4.79 Å². The lowest BCUT2D eigenvalue weighted by atomic mass is 10.2. The summed E-state index contributed by atoms with van der Waals surface area (Å²) in [5, 5.41) is 13.2. The van der Waals surface area contributed by atoms with E-state index in [0.717, 1.165) is 24.3 Å². The predicted molar refractivity (Wildman–Crippen MR) is 65.3 cm³/mol. The van der Waals surface area contributed by atoms with Gasteiger partial charge in [-0.15, -0.1) is 0 Å². The van der Waals surface area contributed by atoms with E-state index >= 15 is 0 Å². The van der Waals surface area contributed by atoms with Gasteiger partial charge in [0, 0.05) is 11.7 Å². The Labute approximate surface area is 112 Å². The summed E-state index contributed by atoms with van der Waals surface area (Å²) in [5.74, 6) is -1.06. The number of halogens is 3. The van der Waals surface area contributed by atoms with Crippen molar-refractivity contribution >= 4 is 17.7 Å². The minimum atomic E-state index is -4.43. The Morgan fingerprint density at radius 3 is 2.25 bits per heavy atom. The number of carbonyl (C=O) groups is 2. The van der Waals surface area contributed by atoms with E-state index < -0.39 is 29.8 Å². The Morgan fingerprint density at radius 1 is 1.25 bits per heavy atom. The maximum absolute atomic E-state index is 12.3. The highest BCUT2D eigenvalue weighted by Gasteiger charge is 2.29. The molecule has 0 fully saturated rings. The number of aliphatic carboxylic acids is 1. The van der Waals surface area contributed by atoms with Gasteiger partial charge in [-0.05, 0) is 31.2 Å². The Hall–Kier alpha value is -2.25. The van der Waals surface area contributed by atoms with Crippen LogP contribution in [0.5, 0.6) is 0 Å². The zero-order valence-electron chi connectivity index (χ0n) is 10.5. The Kier molecular flexibility index (Phi) is 4.95. The zero-order chi connectivity index (χ0) is 15.3. The molecule has 0 spiro atoms. The number of carboxylic acids is 1. The first-order valence-electron chi connectivity index (χ1n) is 5.65. The molecule has 1 aromatic rings. The zero-order valence-corrected chi connectivity index (χ0v) is 10.5. The van der Waals surface area contributed by atoms with Gasteiger partial charge in [-0.1, -0.05) is 0 Å². The second-order valence-electron chi connectivity index (χ2n) is 4.17. The van der Waals surface area contributed by atoms with Crippen LogP contribution in [0.25, 0.3) is 0 Å². The lowest BCUT2D eigenvalue weighted by Crippen LogP contribution is -2.37. The van der Waals surface area contributed by atoms with Crippen molar-refractivity contribution in [2.75, 3.05) is 5.32 Å². The number of carbonyl (C=O) groups excluding carboxylic acids is 1. The highest BCUT2D eigenvalue weighted by Crippen LogP contribution is 2.29. The standard InChI is InChI=1S/C12H13F3N2O3/c1-7(6-10(18)19)16-11(20)17-9-4-2-8(3-5-9)12(13,14)15/h2-5,7H,6H2,1H3,(H,18,19)(H2,16,17,20). The molecular formula is C12H13F3N2O3. The highest BCUT2D eigenvalue weighted by molar-refractivity contribution is 5.89. The first-order valence-corrected chi connectivity index (χ1v) is 5.65. The number of amides is 2. The van der Waals surface area contributed by atoms with Crippen LogP contribution in [0.1, 0.15) is 18.9 Å². The number of hydrogen-bond donors (Lipinski definition) is 3. The summed E-state index contributed by atoms with van der Waals surface area (Å²) in [6.07, 6.45) is -4.68. The molecule has 2 amide bonds. The summed E-state index contributed by atoms with van der Waals surface area (Å²) in [4.78, 5) is 21.9. The van der Waals surface area contributed by atoms with E-state index in [4.69, 9.17) is 5.11 Å². The molecule has 1 atom stereocenters. The van der Waals surface area contributed by atoms with Crippen molar-refractivity contribution in [3.8, 4) is 0 Å². The maximum Gasteiger partial charge on any atom is 0.416 e. The van der Waals surface area contributed by atoms with Crippen molar-refractivity contribution in [1.29, 1.82) is 0 Å². The second kappa shape index (κ2) is 6.27. The van der Waals surface area contributed by atoms with Crippen LogP contribution < -0.4 is 10.6 Å². The van der Waals surface area contributed by atoms with Crippen LogP contribution in [0.15, 0.2) is 24.3 Å². The summed E-state index contributed by atoms with van der Waals surface area (Å²) in [5.41, 5.74) is -0.638. The molecule has 0 saturated heterocycles. The van der Waals surface area contributed by atoms with Crippen molar-refractivity contribution in [2.45, 2.75) is 25.6 Å². The van der Waals surface area contributed by atoms with Gasteiger partial charge in [0.05, 0.1) is 12.0 Å². The van der Waals surface area contributed by atoms with Crippen molar-refractivity contribution < 1.29 is 27.9 Å². The number of anilines is 1. The largest absolute Gasteiger partial charge is 0.481 e. The minimum Gasteiger partial charge on any atom is -0.481 e. The quantitative estimate of drug-likeness (QED) is 0.797. The number of benzene rings is 1. The van der Waals surface area contributed by atoms with Crippen LogP contribution in [-0.4, -0.2) is 23.1 Å². The van der Waals surface area contributed by atoms with Crippen LogP contribution >= 0.6 is 0 Å². The third-order valence-electron chi connectivity index (χ3n) is 2.33. The van der Waals surface area contributed by atoms with E-state index in [0.29, 0.717) is 0 Å². The third-order valence-corrected chi connectivity index (χ3v) is 2.33. The van der Waals surface area contributed by atoms with Crippen LogP contribution in [0.3, 0.4) is 0 Å². The predicted octanol–water partition coefficient (Wildman–Crippen LogP) is 2.69. The SMILES string of the molecule is CC(CC(=O)O)NC(=O)Nc1ccc(C(F)(F)F)cc1. The Bertz CT molecular complexity index is 486. The molecule has 1 rings (SSSR count). The van der Waals surface area contributed by atoms with E-state index in [2.05, 4.69) is 10.6 Å². The van der Waals surface area contributed by atoms with Crippen LogP contribution in [0.2, 0.25) is 0 Å². The van der Waals surface area contributed by atoms with Gasteiger partial charge in [-0.3, -0.25) is 4.79 Å². The maximum atomic E-state index is 12.3. The lowest BCUT2D eigenvalue weighted by Gasteiger charge is -2.13. The van der Waals surface area contributed by atoms with Crippen molar-refractivity contribution in [3.63, 3.8) is 0 Å². The fraction of sp³-hybridized carbons (Fsp3) is 0.333. The van der Waals surface area contributed by atoms with Crippen molar-refractivity contribution in [1.82, 2.24) is 5.32 Å². The molecule has 0 radical (unpaired) electrons. The monoisotopic (exact) mass is 290 g/mol. The molecule has 0 heterocycles. The molecule has 0 aromatic heterocycles. The first kappa shape index (κ1) is 15.8. The van der Waals surface area contributed by atoms with Crippen molar-refractivity contribution in [3.05, 3.63) is 29.8 Å². The Balaban J connectivity index is 2.56. The van der Waals surface area contributed by atoms with Gasteiger partial charge in [-0.2, -0.15) is 13.2 Å². The average molecular weight is 290 g/mol. The fourth-order valence-electron chi connectivity index (χ4n) is 1.45. The number of alkyl halides is 3. The molecule has 0 aliphatic heterocycles. The number of urea groups is 1. The smallest absolute Gasteiger partial charge is 0.416 e. The molecule has 8 heteroatoms. The van der Waals surface area contributed by atoms with E-state index in [1.807, 2.05) is 0 Å². The molecule has 5 nitrogen and oxygen atoms in total. The van der Waals surface area contributed by atoms with Gasteiger partial charge in [0.15, 0.2) is 0 Å². The second-order valence-corrected chi connectivity index (χ2v) is 4.17. The normalized spacial score (nSPS) is 12.6. The molecule has 1 aromatic carbocycles. The summed E-state index contributed by atoms with van der Waals surface area (Å²) < 4.78 is 37.0. The molecule has 3 N–H and O–H groups in total. The molecule has 1 unspecified atom stereocenters.